The summed E-state index contributed by atoms with van der Waals surface area (Å²) in [6.07, 6.45) is 2.23. The molecular formula is C10H17NO3. The molecule has 0 aromatic heterocycles. The van der Waals surface area contributed by atoms with Gasteiger partial charge in [-0.2, -0.15) is 0 Å². The first kappa shape index (κ1) is 11.2. The maximum atomic E-state index is 10.8. The summed E-state index contributed by atoms with van der Waals surface area (Å²) in [4.78, 5) is 23.6. The number of Topliss-reactive ketones (excluding diaryl/α,β-unsaturated/α-hetero) is 1. The molecule has 1 saturated heterocycles. The summed E-state index contributed by atoms with van der Waals surface area (Å²) in [7, 11) is 0. The zero-order chi connectivity index (χ0) is 10.6. The summed E-state index contributed by atoms with van der Waals surface area (Å²) in [5, 5.41) is 8.84. The van der Waals surface area contributed by atoms with Gasteiger partial charge in [-0.1, -0.05) is 0 Å². The highest BCUT2D eigenvalue weighted by Crippen LogP contribution is 2.16. The van der Waals surface area contributed by atoms with Gasteiger partial charge >= 0.3 is 5.97 Å². The van der Waals surface area contributed by atoms with Crippen LogP contribution in [0.3, 0.4) is 0 Å². The fourth-order valence-electron chi connectivity index (χ4n) is 1.78. The highest BCUT2D eigenvalue weighted by Gasteiger charge is 2.24. The molecule has 0 spiro atoms. The molecule has 1 aliphatic heterocycles. The topological polar surface area (TPSA) is 57.6 Å². The van der Waals surface area contributed by atoms with E-state index in [0.29, 0.717) is 19.5 Å². The van der Waals surface area contributed by atoms with Crippen LogP contribution in [0.4, 0.5) is 0 Å². The smallest absolute Gasteiger partial charge is 0.307 e. The molecule has 0 aromatic rings. The Morgan fingerprint density at radius 2 is 2.21 bits per heavy atom. The van der Waals surface area contributed by atoms with Gasteiger partial charge in [0.1, 0.15) is 5.78 Å². The van der Waals surface area contributed by atoms with Gasteiger partial charge in [0.2, 0.25) is 0 Å². The lowest BCUT2D eigenvalue weighted by atomic mass is 9.98. The van der Waals surface area contributed by atoms with Crippen LogP contribution in [-0.4, -0.2) is 41.4 Å². The van der Waals surface area contributed by atoms with Gasteiger partial charge in [-0.05, 0) is 26.3 Å². The molecule has 4 nitrogen and oxygen atoms in total. The van der Waals surface area contributed by atoms with E-state index in [-0.39, 0.29) is 11.7 Å². The summed E-state index contributed by atoms with van der Waals surface area (Å²) in [5.74, 6) is -0.782. The number of carbonyl (C=O) groups excluding carboxylic acids is 1. The lowest BCUT2D eigenvalue weighted by Gasteiger charge is -2.30. The number of aliphatic carboxylic acids is 1. The second-order valence-electron chi connectivity index (χ2n) is 3.93. The Kier molecular flexibility index (Phi) is 4.07. The highest BCUT2D eigenvalue weighted by atomic mass is 16.4. The third kappa shape index (κ3) is 3.46. The van der Waals surface area contributed by atoms with Gasteiger partial charge < -0.3 is 10.0 Å². The highest BCUT2D eigenvalue weighted by molar-refractivity contribution is 5.75. The Morgan fingerprint density at radius 1 is 1.50 bits per heavy atom. The number of carboxylic acid groups (broad SMARTS) is 1. The van der Waals surface area contributed by atoms with E-state index < -0.39 is 5.97 Å². The molecule has 1 aliphatic rings. The minimum absolute atomic E-state index is 0.169. The van der Waals surface area contributed by atoms with E-state index in [1.54, 1.807) is 6.92 Å². The molecule has 0 aliphatic carbocycles. The van der Waals surface area contributed by atoms with Crippen LogP contribution in [-0.2, 0) is 9.59 Å². The van der Waals surface area contributed by atoms with Crippen LogP contribution < -0.4 is 0 Å². The number of carboxylic acids is 1. The molecule has 1 heterocycles. The molecule has 1 rings (SSSR count). The molecule has 0 bridgehead atoms. The first-order chi connectivity index (χ1) is 6.59. The van der Waals surface area contributed by atoms with Crippen molar-refractivity contribution in [3.8, 4) is 0 Å². The summed E-state index contributed by atoms with van der Waals surface area (Å²) in [6, 6.07) is 0. The van der Waals surface area contributed by atoms with Crippen molar-refractivity contribution < 1.29 is 14.7 Å². The van der Waals surface area contributed by atoms with E-state index >= 15 is 0 Å². The average Bonchev–Trinajstić information content (AvgIpc) is 2.15. The monoisotopic (exact) mass is 199 g/mol. The normalized spacial score (nSPS) is 23.4. The quantitative estimate of drug-likeness (QED) is 0.726. The van der Waals surface area contributed by atoms with Gasteiger partial charge in [-0.15, -0.1) is 0 Å². The first-order valence-electron chi connectivity index (χ1n) is 5.04. The summed E-state index contributed by atoms with van der Waals surface area (Å²) in [6.45, 7) is 3.80. The van der Waals surface area contributed by atoms with Crippen molar-refractivity contribution in [2.45, 2.75) is 26.2 Å². The van der Waals surface area contributed by atoms with Gasteiger partial charge in [-0.25, -0.2) is 0 Å². The predicted octanol–water partition coefficient (Wildman–Crippen LogP) is 0.762. The van der Waals surface area contributed by atoms with Crippen molar-refractivity contribution in [3.05, 3.63) is 0 Å². The van der Waals surface area contributed by atoms with Gasteiger partial charge in [0.15, 0.2) is 0 Å². The largest absolute Gasteiger partial charge is 0.481 e. The van der Waals surface area contributed by atoms with Crippen molar-refractivity contribution in [2.24, 2.45) is 5.92 Å². The van der Waals surface area contributed by atoms with Gasteiger partial charge in [0.05, 0.1) is 5.92 Å². The van der Waals surface area contributed by atoms with Crippen molar-refractivity contribution in [2.75, 3.05) is 19.6 Å². The number of ketones is 1. The third-order valence-corrected chi connectivity index (χ3v) is 2.63. The lowest BCUT2D eigenvalue weighted by Crippen LogP contribution is -2.39. The fourth-order valence-corrected chi connectivity index (χ4v) is 1.78. The minimum atomic E-state index is -0.711. The van der Waals surface area contributed by atoms with E-state index in [1.165, 1.54) is 0 Å². The average molecular weight is 199 g/mol. The number of piperidine rings is 1. The van der Waals surface area contributed by atoms with Crippen molar-refractivity contribution in [1.82, 2.24) is 4.90 Å². The molecule has 1 N–H and O–H groups in total. The van der Waals surface area contributed by atoms with Crippen LogP contribution in [0.1, 0.15) is 26.2 Å². The van der Waals surface area contributed by atoms with E-state index in [9.17, 15) is 9.59 Å². The zero-order valence-corrected chi connectivity index (χ0v) is 8.53. The number of rotatable bonds is 4. The molecule has 1 unspecified atom stereocenters. The Hall–Kier alpha value is -0.900. The number of nitrogens with zero attached hydrogens (tertiary/aromatic N) is 1. The van der Waals surface area contributed by atoms with E-state index in [0.717, 1.165) is 19.4 Å². The maximum absolute atomic E-state index is 10.8. The first-order valence-corrected chi connectivity index (χ1v) is 5.04. The molecule has 0 aromatic carbocycles. The zero-order valence-electron chi connectivity index (χ0n) is 8.53. The van der Waals surface area contributed by atoms with Crippen molar-refractivity contribution in [3.63, 3.8) is 0 Å². The number of hydrogen-bond acceptors (Lipinski definition) is 3. The molecular weight excluding hydrogens is 182 g/mol. The number of hydrogen-bond donors (Lipinski definition) is 1. The van der Waals surface area contributed by atoms with E-state index in [2.05, 4.69) is 4.90 Å². The van der Waals surface area contributed by atoms with Gasteiger partial charge in [0, 0.05) is 19.5 Å². The van der Waals surface area contributed by atoms with Crippen LogP contribution >= 0.6 is 0 Å². The van der Waals surface area contributed by atoms with Crippen LogP contribution in [0.2, 0.25) is 0 Å². The summed E-state index contributed by atoms with van der Waals surface area (Å²) in [5.41, 5.74) is 0. The Balaban J connectivity index is 2.32. The summed E-state index contributed by atoms with van der Waals surface area (Å²) < 4.78 is 0. The van der Waals surface area contributed by atoms with Gasteiger partial charge in [0.25, 0.3) is 0 Å². The SMILES string of the molecule is CC(=O)CCN1CCCC(C(=O)O)C1. The second kappa shape index (κ2) is 5.10. The third-order valence-electron chi connectivity index (χ3n) is 2.63. The number of carbonyl (C=O) groups is 2. The second-order valence-corrected chi connectivity index (χ2v) is 3.93. The minimum Gasteiger partial charge on any atom is -0.481 e. The molecule has 0 saturated carbocycles. The molecule has 0 radical (unpaired) electrons. The van der Waals surface area contributed by atoms with E-state index in [1.807, 2.05) is 0 Å². The molecule has 80 valence electrons. The van der Waals surface area contributed by atoms with Crippen LogP contribution in [0.5, 0.6) is 0 Å². The van der Waals surface area contributed by atoms with Crippen LogP contribution in [0, 0.1) is 5.92 Å². The Labute approximate surface area is 83.9 Å². The van der Waals surface area contributed by atoms with E-state index in [4.69, 9.17) is 5.11 Å². The molecule has 0 amide bonds. The lowest BCUT2D eigenvalue weighted by molar-refractivity contribution is -0.143. The molecule has 14 heavy (non-hydrogen) atoms. The standard InChI is InChI=1S/C10H17NO3/c1-8(12)4-6-11-5-2-3-9(7-11)10(13)14/h9H,2-7H2,1H3,(H,13,14). The molecule has 4 heteroatoms. The Morgan fingerprint density at radius 3 is 2.79 bits per heavy atom. The predicted molar refractivity (Wildman–Crippen MR) is 52.1 cm³/mol. The van der Waals surface area contributed by atoms with Crippen LogP contribution in [0.25, 0.3) is 0 Å². The van der Waals surface area contributed by atoms with Crippen molar-refractivity contribution in [1.29, 1.82) is 0 Å². The number of likely N-dealkylation sites (tertiary alicyclic amines) is 1. The molecule has 1 atom stereocenters. The summed E-state index contributed by atoms with van der Waals surface area (Å²) >= 11 is 0. The Bertz CT molecular complexity index is 227. The fraction of sp³-hybridized carbons (Fsp3) is 0.800. The van der Waals surface area contributed by atoms with Crippen molar-refractivity contribution >= 4 is 11.8 Å². The molecule has 1 fully saturated rings. The van der Waals surface area contributed by atoms with Gasteiger partial charge in [-0.3, -0.25) is 9.59 Å². The van der Waals surface area contributed by atoms with Crippen LogP contribution in [0.15, 0.2) is 0 Å². The maximum Gasteiger partial charge on any atom is 0.307 e.